The van der Waals surface area contributed by atoms with E-state index in [2.05, 4.69) is 0 Å². The Hall–Kier alpha value is -1.54. The SMILES string of the molecule is Cc1ccccc1N(C)c1cccc(F)c1CCl. The molecule has 2 aromatic carbocycles. The zero-order valence-corrected chi connectivity index (χ0v) is 11.2. The van der Waals surface area contributed by atoms with Crippen LogP contribution in [0.2, 0.25) is 0 Å². The Labute approximate surface area is 112 Å². The van der Waals surface area contributed by atoms with Gasteiger partial charge in [0.25, 0.3) is 0 Å². The van der Waals surface area contributed by atoms with E-state index in [-0.39, 0.29) is 11.7 Å². The van der Waals surface area contributed by atoms with E-state index in [4.69, 9.17) is 11.6 Å². The van der Waals surface area contributed by atoms with Crippen molar-refractivity contribution in [3.05, 3.63) is 59.4 Å². The highest BCUT2D eigenvalue weighted by Gasteiger charge is 2.13. The number of halogens is 2. The molecule has 0 aliphatic rings. The zero-order chi connectivity index (χ0) is 13.1. The lowest BCUT2D eigenvalue weighted by Gasteiger charge is -2.24. The fourth-order valence-electron chi connectivity index (χ4n) is 2.06. The third-order valence-corrected chi connectivity index (χ3v) is 3.33. The van der Waals surface area contributed by atoms with E-state index in [1.54, 1.807) is 6.07 Å². The Morgan fingerprint density at radius 2 is 1.72 bits per heavy atom. The van der Waals surface area contributed by atoms with E-state index < -0.39 is 0 Å². The van der Waals surface area contributed by atoms with Crippen LogP contribution in [-0.2, 0) is 5.88 Å². The van der Waals surface area contributed by atoms with Crippen molar-refractivity contribution in [3.8, 4) is 0 Å². The van der Waals surface area contributed by atoms with Crippen molar-refractivity contribution in [2.24, 2.45) is 0 Å². The van der Waals surface area contributed by atoms with Crippen molar-refractivity contribution in [2.75, 3.05) is 11.9 Å². The number of para-hydroxylation sites is 1. The van der Waals surface area contributed by atoms with Crippen LogP contribution in [0, 0.1) is 12.7 Å². The van der Waals surface area contributed by atoms with Crippen LogP contribution in [0.5, 0.6) is 0 Å². The van der Waals surface area contributed by atoms with Crippen molar-refractivity contribution in [1.29, 1.82) is 0 Å². The number of rotatable bonds is 3. The van der Waals surface area contributed by atoms with Gasteiger partial charge in [0.2, 0.25) is 0 Å². The van der Waals surface area contributed by atoms with Gasteiger partial charge in [-0.1, -0.05) is 24.3 Å². The van der Waals surface area contributed by atoms with Crippen molar-refractivity contribution < 1.29 is 4.39 Å². The summed E-state index contributed by atoms with van der Waals surface area (Å²) >= 11 is 5.84. The maximum Gasteiger partial charge on any atom is 0.129 e. The Bertz CT molecular complexity index is 554. The third-order valence-electron chi connectivity index (χ3n) is 3.07. The minimum absolute atomic E-state index is 0.165. The van der Waals surface area contributed by atoms with Gasteiger partial charge < -0.3 is 4.90 Å². The summed E-state index contributed by atoms with van der Waals surface area (Å²) in [6.45, 7) is 2.03. The average molecular weight is 264 g/mol. The van der Waals surface area contributed by atoms with Crippen LogP contribution in [0.4, 0.5) is 15.8 Å². The number of benzene rings is 2. The standard InChI is InChI=1S/C15H15ClFN/c1-11-6-3-4-8-14(11)18(2)15-9-5-7-13(17)12(15)10-16/h3-9H,10H2,1-2H3. The zero-order valence-electron chi connectivity index (χ0n) is 10.5. The summed E-state index contributed by atoms with van der Waals surface area (Å²) in [7, 11) is 1.92. The van der Waals surface area contributed by atoms with E-state index >= 15 is 0 Å². The summed E-state index contributed by atoms with van der Waals surface area (Å²) in [5.41, 5.74) is 3.53. The summed E-state index contributed by atoms with van der Waals surface area (Å²) in [5.74, 6) is -0.0963. The Balaban J connectivity index is 2.50. The van der Waals surface area contributed by atoms with Gasteiger partial charge in [0.05, 0.1) is 5.88 Å². The summed E-state index contributed by atoms with van der Waals surface area (Å²) in [6.07, 6.45) is 0. The molecule has 0 aliphatic carbocycles. The van der Waals surface area contributed by atoms with Crippen LogP contribution in [0.1, 0.15) is 11.1 Å². The fourth-order valence-corrected chi connectivity index (χ4v) is 2.33. The minimum atomic E-state index is -0.261. The lowest BCUT2D eigenvalue weighted by atomic mass is 10.1. The minimum Gasteiger partial charge on any atom is -0.344 e. The van der Waals surface area contributed by atoms with Crippen molar-refractivity contribution in [1.82, 2.24) is 0 Å². The van der Waals surface area contributed by atoms with Crippen molar-refractivity contribution in [2.45, 2.75) is 12.8 Å². The number of alkyl halides is 1. The molecule has 0 N–H and O–H groups in total. The Kier molecular flexibility index (Phi) is 3.87. The molecule has 0 spiro atoms. The van der Waals surface area contributed by atoms with Gasteiger partial charge in [0, 0.05) is 24.0 Å². The number of nitrogens with zero attached hydrogens (tertiary/aromatic N) is 1. The second-order valence-electron chi connectivity index (χ2n) is 4.22. The van der Waals surface area contributed by atoms with E-state index in [1.807, 2.05) is 49.2 Å². The highest BCUT2D eigenvalue weighted by molar-refractivity contribution is 6.17. The average Bonchev–Trinajstić information content (AvgIpc) is 2.38. The van der Waals surface area contributed by atoms with Gasteiger partial charge in [-0.25, -0.2) is 4.39 Å². The molecule has 0 bridgehead atoms. The first kappa shape index (κ1) is 12.9. The fraction of sp³-hybridized carbons (Fsp3) is 0.200. The molecule has 3 heteroatoms. The van der Waals surface area contributed by atoms with Crippen molar-refractivity contribution >= 4 is 23.0 Å². The van der Waals surface area contributed by atoms with Crippen LogP contribution in [-0.4, -0.2) is 7.05 Å². The predicted molar refractivity (Wildman–Crippen MR) is 75.2 cm³/mol. The summed E-state index contributed by atoms with van der Waals surface area (Å²) in [5, 5.41) is 0. The molecule has 2 aromatic rings. The van der Waals surface area contributed by atoms with Gasteiger partial charge in [-0.05, 0) is 30.7 Å². The third kappa shape index (κ3) is 2.34. The van der Waals surface area contributed by atoms with Crippen LogP contribution >= 0.6 is 11.6 Å². The molecule has 94 valence electrons. The second-order valence-corrected chi connectivity index (χ2v) is 4.48. The number of aryl methyl sites for hydroxylation is 1. The first-order chi connectivity index (χ1) is 8.65. The van der Waals surface area contributed by atoms with Crippen molar-refractivity contribution in [3.63, 3.8) is 0 Å². The molecule has 0 unspecified atom stereocenters. The number of hydrogen-bond donors (Lipinski definition) is 0. The van der Waals surface area contributed by atoms with E-state index in [0.717, 1.165) is 16.9 Å². The highest BCUT2D eigenvalue weighted by Crippen LogP contribution is 2.31. The summed E-state index contributed by atoms with van der Waals surface area (Å²) in [6, 6.07) is 13.0. The van der Waals surface area contributed by atoms with Gasteiger partial charge in [0.15, 0.2) is 0 Å². The molecule has 2 rings (SSSR count). The first-order valence-corrected chi connectivity index (χ1v) is 6.31. The molecule has 0 amide bonds. The van der Waals surface area contributed by atoms with E-state index in [9.17, 15) is 4.39 Å². The van der Waals surface area contributed by atoms with Crippen LogP contribution in [0.25, 0.3) is 0 Å². The summed E-state index contributed by atoms with van der Waals surface area (Å²) < 4.78 is 13.7. The first-order valence-electron chi connectivity index (χ1n) is 5.78. The number of anilines is 2. The lowest BCUT2D eigenvalue weighted by molar-refractivity contribution is 0.617. The highest BCUT2D eigenvalue weighted by atomic mass is 35.5. The van der Waals surface area contributed by atoms with Crippen LogP contribution in [0.3, 0.4) is 0 Å². The molecule has 0 saturated carbocycles. The van der Waals surface area contributed by atoms with Gasteiger partial charge in [-0.3, -0.25) is 0 Å². The quantitative estimate of drug-likeness (QED) is 0.729. The molecule has 0 heterocycles. The molecule has 0 atom stereocenters. The van der Waals surface area contributed by atoms with Crippen LogP contribution in [0.15, 0.2) is 42.5 Å². The topological polar surface area (TPSA) is 3.24 Å². The molecule has 0 saturated heterocycles. The summed E-state index contributed by atoms with van der Waals surface area (Å²) in [4.78, 5) is 1.97. The second kappa shape index (κ2) is 5.40. The maximum absolute atomic E-state index is 13.7. The molecule has 0 fully saturated rings. The molecular formula is C15H15ClFN. The molecule has 0 aliphatic heterocycles. The number of hydrogen-bond acceptors (Lipinski definition) is 1. The molecular weight excluding hydrogens is 249 g/mol. The predicted octanol–water partition coefficient (Wildman–Crippen LogP) is 4.64. The van der Waals surface area contributed by atoms with E-state index in [0.29, 0.717) is 5.56 Å². The normalized spacial score (nSPS) is 10.4. The Morgan fingerprint density at radius 1 is 1.06 bits per heavy atom. The maximum atomic E-state index is 13.7. The molecule has 0 radical (unpaired) electrons. The van der Waals surface area contributed by atoms with Gasteiger partial charge in [-0.2, -0.15) is 0 Å². The largest absolute Gasteiger partial charge is 0.344 e. The molecule has 1 nitrogen and oxygen atoms in total. The van der Waals surface area contributed by atoms with Gasteiger partial charge >= 0.3 is 0 Å². The lowest BCUT2D eigenvalue weighted by Crippen LogP contribution is -2.13. The van der Waals surface area contributed by atoms with Gasteiger partial charge in [0.1, 0.15) is 5.82 Å². The molecule has 18 heavy (non-hydrogen) atoms. The van der Waals surface area contributed by atoms with Crippen LogP contribution < -0.4 is 4.90 Å². The van der Waals surface area contributed by atoms with E-state index in [1.165, 1.54) is 6.07 Å². The van der Waals surface area contributed by atoms with Gasteiger partial charge in [-0.15, -0.1) is 11.6 Å². The Morgan fingerprint density at radius 3 is 2.39 bits per heavy atom. The smallest absolute Gasteiger partial charge is 0.129 e. The monoisotopic (exact) mass is 263 g/mol. The molecule has 0 aromatic heterocycles.